The fourth-order valence-electron chi connectivity index (χ4n) is 1.70. The smallest absolute Gasteiger partial charge is 0.126 e. The lowest BCUT2D eigenvalue weighted by atomic mass is 10.2. The van der Waals surface area contributed by atoms with Gasteiger partial charge >= 0.3 is 0 Å². The minimum Gasteiger partial charge on any atom is -0.507 e. The monoisotopic (exact) mass is 245 g/mol. The molecule has 0 fully saturated rings. The summed E-state index contributed by atoms with van der Waals surface area (Å²) in [7, 11) is 0. The van der Waals surface area contributed by atoms with Crippen molar-refractivity contribution >= 4 is 6.21 Å². The summed E-state index contributed by atoms with van der Waals surface area (Å²) in [5.74, 6) is 5.14. The highest BCUT2D eigenvalue weighted by Crippen LogP contribution is 2.19. The first kappa shape index (κ1) is 12.1. The zero-order valence-corrected chi connectivity index (χ0v) is 10.3. The zero-order valence-electron chi connectivity index (χ0n) is 10.3. The van der Waals surface area contributed by atoms with Crippen LogP contribution in [0.5, 0.6) is 5.75 Å². The summed E-state index contributed by atoms with van der Waals surface area (Å²) >= 11 is 0. The highest BCUT2D eigenvalue weighted by atomic mass is 16.3. The third-order valence-electron chi connectivity index (χ3n) is 2.67. The maximum atomic E-state index is 9.80. The SMILES string of the molecule is CCc1nn(-c2ccc(C=NN)c(O)c2)nc1C. The number of phenols is 1. The van der Waals surface area contributed by atoms with E-state index < -0.39 is 0 Å². The van der Waals surface area contributed by atoms with Crippen molar-refractivity contribution in [2.75, 3.05) is 0 Å². The van der Waals surface area contributed by atoms with E-state index in [1.807, 2.05) is 13.8 Å². The van der Waals surface area contributed by atoms with Gasteiger partial charge in [0.1, 0.15) is 5.75 Å². The van der Waals surface area contributed by atoms with Gasteiger partial charge in [0.2, 0.25) is 0 Å². The molecule has 0 aliphatic carbocycles. The van der Waals surface area contributed by atoms with Gasteiger partial charge in [0.15, 0.2) is 0 Å². The van der Waals surface area contributed by atoms with Crippen molar-refractivity contribution in [3.63, 3.8) is 0 Å². The molecule has 0 bridgehead atoms. The van der Waals surface area contributed by atoms with E-state index >= 15 is 0 Å². The summed E-state index contributed by atoms with van der Waals surface area (Å²) in [6, 6.07) is 5.09. The Morgan fingerprint density at radius 1 is 1.44 bits per heavy atom. The summed E-state index contributed by atoms with van der Waals surface area (Å²) in [5.41, 5.74) is 3.09. The summed E-state index contributed by atoms with van der Waals surface area (Å²) < 4.78 is 0. The average Bonchev–Trinajstić information content (AvgIpc) is 2.73. The van der Waals surface area contributed by atoms with Crippen LogP contribution in [0.1, 0.15) is 23.9 Å². The average molecular weight is 245 g/mol. The molecule has 18 heavy (non-hydrogen) atoms. The number of aromatic nitrogens is 3. The van der Waals surface area contributed by atoms with Gasteiger partial charge in [-0.1, -0.05) is 6.92 Å². The highest BCUT2D eigenvalue weighted by molar-refractivity contribution is 5.83. The van der Waals surface area contributed by atoms with Crippen LogP contribution in [-0.4, -0.2) is 26.3 Å². The second-order valence-corrected chi connectivity index (χ2v) is 3.90. The Bertz CT molecular complexity index is 588. The predicted molar refractivity (Wildman–Crippen MR) is 68.9 cm³/mol. The number of aryl methyl sites for hydroxylation is 2. The Labute approximate surface area is 105 Å². The van der Waals surface area contributed by atoms with Crippen LogP contribution in [0.25, 0.3) is 5.69 Å². The van der Waals surface area contributed by atoms with Crippen LogP contribution in [0.4, 0.5) is 0 Å². The zero-order chi connectivity index (χ0) is 13.1. The Hall–Kier alpha value is -2.37. The molecule has 6 heteroatoms. The van der Waals surface area contributed by atoms with E-state index in [-0.39, 0.29) is 5.75 Å². The lowest BCUT2D eigenvalue weighted by Crippen LogP contribution is -2.00. The predicted octanol–water partition coefficient (Wildman–Crippen LogP) is 1.14. The molecule has 1 aromatic heterocycles. The van der Waals surface area contributed by atoms with E-state index in [4.69, 9.17) is 5.84 Å². The fraction of sp³-hybridized carbons (Fsp3) is 0.250. The number of aromatic hydroxyl groups is 1. The molecule has 0 aliphatic heterocycles. The number of hydrogen-bond acceptors (Lipinski definition) is 5. The van der Waals surface area contributed by atoms with Gasteiger partial charge in [-0.05, 0) is 25.5 Å². The molecule has 0 unspecified atom stereocenters. The molecule has 0 aliphatic rings. The Morgan fingerprint density at radius 2 is 2.22 bits per heavy atom. The van der Waals surface area contributed by atoms with Gasteiger partial charge in [0.25, 0.3) is 0 Å². The second-order valence-electron chi connectivity index (χ2n) is 3.90. The Kier molecular flexibility index (Phi) is 3.27. The van der Waals surface area contributed by atoms with Crippen molar-refractivity contribution in [2.24, 2.45) is 10.9 Å². The van der Waals surface area contributed by atoms with E-state index in [1.165, 1.54) is 11.0 Å². The first-order valence-electron chi connectivity index (χ1n) is 5.65. The van der Waals surface area contributed by atoms with Gasteiger partial charge in [-0.25, -0.2) is 0 Å². The first-order valence-corrected chi connectivity index (χ1v) is 5.65. The molecule has 94 valence electrons. The van der Waals surface area contributed by atoms with Gasteiger partial charge < -0.3 is 10.9 Å². The first-order chi connectivity index (χ1) is 8.65. The molecule has 2 rings (SSSR count). The van der Waals surface area contributed by atoms with Crippen LogP contribution >= 0.6 is 0 Å². The van der Waals surface area contributed by atoms with Gasteiger partial charge in [0, 0.05) is 11.6 Å². The minimum absolute atomic E-state index is 0.0923. The van der Waals surface area contributed by atoms with Crippen molar-refractivity contribution in [3.8, 4) is 11.4 Å². The molecule has 0 radical (unpaired) electrons. The normalized spacial score (nSPS) is 11.2. The lowest BCUT2D eigenvalue weighted by molar-refractivity contribution is 0.473. The topological polar surface area (TPSA) is 89.3 Å². The highest BCUT2D eigenvalue weighted by Gasteiger charge is 2.08. The number of rotatable bonds is 3. The van der Waals surface area contributed by atoms with Crippen molar-refractivity contribution in [1.82, 2.24) is 15.0 Å². The van der Waals surface area contributed by atoms with E-state index in [9.17, 15) is 5.11 Å². The van der Waals surface area contributed by atoms with Crippen LogP contribution in [-0.2, 0) is 6.42 Å². The number of hydrazone groups is 1. The summed E-state index contributed by atoms with van der Waals surface area (Å²) in [4.78, 5) is 1.51. The molecule has 3 N–H and O–H groups in total. The molecule has 0 atom stereocenters. The van der Waals surface area contributed by atoms with Crippen molar-refractivity contribution < 1.29 is 5.11 Å². The third kappa shape index (κ3) is 2.17. The van der Waals surface area contributed by atoms with Crippen LogP contribution in [0.15, 0.2) is 23.3 Å². The fourth-order valence-corrected chi connectivity index (χ4v) is 1.70. The Balaban J connectivity index is 2.42. The molecule has 2 aromatic rings. The summed E-state index contributed by atoms with van der Waals surface area (Å²) in [6.45, 7) is 3.94. The quantitative estimate of drug-likeness (QED) is 0.482. The van der Waals surface area contributed by atoms with E-state index in [2.05, 4.69) is 15.3 Å². The van der Waals surface area contributed by atoms with Crippen LogP contribution in [0.3, 0.4) is 0 Å². The molecule has 1 aromatic carbocycles. The summed E-state index contributed by atoms with van der Waals surface area (Å²) in [5, 5.41) is 21.8. The summed E-state index contributed by atoms with van der Waals surface area (Å²) in [6.07, 6.45) is 2.22. The van der Waals surface area contributed by atoms with Gasteiger partial charge in [-0.15, -0.1) is 0 Å². The molecule has 0 spiro atoms. The number of benzene rings is 1. The maximum absolute atomic E-state index is 9.80. The molecule has 1 heterocycles. The molecular weight excluding hydrogens is 230 g/mol. The number of nitrogens with zero attached hydrogens (tertiary/aromatic N) is 4. The third-order valence-corrected chi connectivity index (χ3v) is 2.67. The molecule has 0 saturated carbocycles. The second kappa shape index (κ2) is 4.87. The minimum atomic E-state index is 0.0923. The maximum Gasteiger partial charge on any atom is 0.126 e. The van der Waals surface area contributed by atoms with Crippen molar-refractivity contribution in [3.05, 3.63) is 35.2 Å². The lowest BCUT2D eigenvalue weighted by Gasteiger charge is -2.02. The van der Waals surface area contributed by atoms with E-state index in [1.54, 1.807) is 18.2 Å². The molecule has 0 amide bonds. The number of nitrogens with two attached hydrogens (primary N) is 1. The largest absolute Gasteiger partial charge is 0.507 e. The van der Waals surface area contributed by atoms with Gasteiger partial charge in [-0.2, -0.15) is 20.1 Å². The van der Waals surface area contributed by atoms with Gasteiger partial charge in [-0.3, -0.25) is 0 Å². The van der Waals surface area contributed by atoms with Crippen molar-refractivity contribution in [1.29, 1.82) is 0 Å². The molecule has 6 nitrogen and oxygen atoms in total. The van der Waals surface area contributed by atoms with Gasteiger partial charge in [0.05, 0.1) is 23.3 Å². The number of phenolic OH excluding ortho intramolecular Hbond substituents is 1. The van der Waals surface area contributed by atoms with Crippen molar-refractivity contribution in [2.45, 2.75) is 20.3 Å². The standard InChI is InChI=1S/C12H15N5O/c1-3-11-8(2)15-17(16-11)10-5-4-9(7-14-13)12(18)6-10/h4-7,18H,3,13H2,1-2H3. The Morgan fingerprint density at radius 3 is 2.78 bits per heavy atom. The molecule has 0 saturated heterocycles. The van der Waals surface area contributed by atoms with Crippen LogP contribution in [0.2, 0.25) is 0 Å². The van der Waals surface area contributed by atoms with Crippen LogP contribution < -0.4 is 5.84 Å². The molecular formula is C12H15N5O. The van der Waals surface area contributed by atoms with Crippen LogP contribution in [0, 0.1) is 6.92 Å². The van der Waals surface area contributed by atoms with E-state index in [0.29, 0.717) is 11.3 Å². The number of hydrogen-bond donors (Lipinski definition) is 2. The van der Waals surface area contributed by atoms with E-state index in [0.717, 1.165) is 17.8 Å².